The second-order valence-corrected chi connectivity index (χ2v) is 8.33. The summed E-state index contributed by atoms with van der Waals surface area (Å²) >= 11 is 1.47. The van der Waals surface area contributed by atoms with E-state index in [1.165, 1.54) is 23.3 Å². The van der Waals surface area contributed by atoms with Gasteiger partial charge >= 0.3 is 0 Å². The minimum Gasteiger partial charge on any atom is -0.497 e. The molecule has 1 aromatic carbocycles. The number of hydrogen-bond acceptors (Lipinski definition) is 6. The lowest BCUT2D eigenvalue weighted by atomic mass is 9.99. The molecule has 152 valence electrons. The van der Waals surface area contributed by atoms with Gasteiger partial charge in [0.15, 0.2) is 0 Å². The fourth-order valence-corrected chi connectivity index (χ4v) is 4.80. The lowest BCUT2D eigenvalue weighted by Gasteiger charge is -2.33. The highest BCUT2D eigenvalue weighted by molar-refractivity contribution is 7.11. The average molecular weight is 413 g/mol. The number of nitrogens with zero attached hydrogens (tertiary/aromatic N) is 2. The Labute approximate surface area is 174 Å². The van der Waals surface area contributed by atoms with Crippen LogP contribution in [0.2, 0.25) is 0 Å². The molecule has 1 aromatic heterocycles. The van der Waals surface area contributed by atoms with Crippen LogP contribution in [0.25, 0.3) is 5.57 Å². The van der Waals surface area contributed by atoms with Gasteiger partial charge < -0.3 is 14.4 Å². The molecule has 2 amide bonds. The maximum Gasteiger partial charge on any atom is 0.282 e. The molecule has 6 nitrogen and oxygen atoms in total. The van der Waals surface area contributed by atoms with Crippen molar-refractivity contribution in [2.45, 2.75) is 19.8 Å². The van der Waals surface area contributed by atoms with Crippen molar-refractivity contribution in [3.05, 3.63) is 46.3 Å². The molecular formula is C22H24N2O4S. The highest BCUT2D eigenvalue weighted by atomic mass is 32.1. The second-order valence-electron chi connectivity index (χ2n) is 7.38. The molecule has 29 heavy (non-hydrogen) atoms. The fourth-order valence-electron chi connectivity index (χ4n) is 4.04. The van der Waals surface area contributed by atoms with Crippen LogP contribution in [0.3, 0.4) is 0 Å². The van der Waals surface area contributed by atoms with Gasteiger partial charge in [-0.2, -0.15) is 0 Å². The molecule has 0 aliphatic carbocycles. The minimum absolute atomic E-state index is 0.306. The van der Waals surface area contributed by atoms with Crippen LogP contribution in [0.4, 0.5) is 5.69 Å². The molecule has 2 aromatic rings. The summed E-state index contributed by atoms with van der Waals surface area (Å²) in [7, 11) is 3.08. The number of carbonyl (C=O) groups excluding carboxylic acids is 2. The molecule has 0 N–H and O–H groups in total. The third kappa shape index (κ3) is 3.40. The van der Waals surface area contributed by atoms with Crippen molar-refractivity contribution in [3.63, 3.8) is 0 Å². The van der Waals surface area contributed by atoms with Crippen LogP contribution >= 0.6 is 11.3 Å². The van der Waals surface area contributed by atoms with Gasteiger partial charge in [0.05, 0.1) is 25.5 Å². The normalized spacial score (nSPS) is 19.9. The van der Waals surface area contributed by atoms with Crippen LogP contribution in [0.5, 0.6) is 11.5 Å². The smallest absolute Gasteiger partial charge is 0.282 e. The molecule has 1 atom stereocenters. The number of carbonyl (C=O) groups is 2. The summed E-state index contributed by atoms with van der Waals surface area (Å²) in [5.74, 6) is 0.853. The molecule has 3 heterocycles. The lowest BCUT2D eigenvalue weighted by molar-refractivity contribution is -0.120. The number of rotatable bonds is 5. The average Bonchev–Trinajstić information content (AvgIpc) is 3.33. The zero-order chi connectivity index (χ0) is 20.5. The zero-order valence-electron chi connectivity index (χ0n) is 16.8. The van der Waals surface area contributed by atoms with Gasteiger partial charge in [0.25, 0.3) is 11.8 Å². The predicted molar refractivity (Wildman–Crippen MR) is 113 cm³/mol. The molecule has 2 aliphatic heterocycles. The first-order valence-electron chi connectivity index (χ1n) is 9.69. The molecular weight excluding hydrogens is 388 g/mol. The SMILES string of the molecule is COc1ccc(OC)c(N2C(=O)C(c3cccs3)=C(N3CCCC(C)C3)C2=O)c1. The van der Waals surface area contributed by atoms with Crippen molar-refractivity contribution in [3.8, 4) is 11.5 Å². The Kier molecular flexibility index (Phi) is 5.32. The van der Waals surface area contributed by atoms with E-state index in [1.54, 1.807) is 25.3 Å². The van der Waals surface area contributed by atoms with E-state index in [0.717, 1.165) is 30.8 Å². The third-order valence-electron chi connectivity index (χ3n) is 5.43. The lowest BCUT2D eigenvalue weighted by Crippen LogP contribution is -2.39. The standard InChI is InChI=1S/C22H24N2O4S/c1-14-6-4-10-23(13-14)20-19(18-7-5-11-29-18)21(25)24(22(20)26)16-12-15(27-2)8-9-17(16)28-3/h5,7-9,11-12,14H,4,6,10,13H2,1-3H3. The van der Waals surface area contributed by atoms with Crippen molar-refractivity contribution in [2.24, 2.45) is 5.92 Å². The van der Waals surface area contributed by atoms with Crippen molar-refractivity contribution in [2.75, 3.05) is 32.2 Å². The fraction of sp³-hybridized carbons (Fsp3) is 0.364. The quantitative estimate of drug-likeness (QED) is 0.700. The minimum atomic E-state index is -0.322. The number of ether oxygens (including phenoxy) is 2. The Bertz CT molecular complexity index is 967. The Morgan fingerprint density at radius 1 is 1.10 bits per heavy atom. The number of hydrogen-bond donors (Lipinski definition) is 0. The predicted octanol–water partition coefficient (Wildman–Crippen LogP) is 3.78. The van der Waals surface area contributed by atoms with Crippen LogP contribution in [0.15, 0.2) is 41.4 Å². The summed E-state index contributed by atoms with van der Waals surface area (Å²) in [6.07, 6.45) is 2.14. The Balaban J connectivity index is 1.83. The van der Waals surface area contributed by atoms with E-state index >= 15 is 0 Å². The summed E-state index contributed by atoms with van der Waals surface area (Å²) < 4.78 is 10.8. The van der Waals surface area contributed by atoms with E-state index < -0.39 is 0 Å². The summed E-state index contributed by atoms with van der Waals surface area (Å²) in [4.78, 5) is 31.3. The molecule has 0 radical (unpaired) electrons. The Morgan fingerprint density at radius 2 is 1.93 bits per heavy atom. The number of piperidine rings is 1. The van der Waals surface area contributed by atoms with Crippen molar-refractivity contribution in [1.29, 1.82) is 0 Å². The number of amides is 2. The van der Waals surface area contributed by atoms with Gasteiger partial charge in [0.1, 0.15) is 17.2 Å². The number of likely N-dealkylation sites (tertiary alicyclic amines) is 1. The van der Waals surface area contributed by atoms with E-state index in [-0.39, 0.29) is 11.8 Å². The van der Waals surface area contributed by atoms with E-state index in [2.05, 4.69) is 11.8 Å². The van der Waals surface area contributed by atoms with Crippen molar-refractivity contribution < 1.29 is 19.1 Å². The van der Waals surface area contributed by atoms with Crippen LogP contribution in [-0.4, -0.2) is 44.0 Å². The van der Waals surface area contributed by atoms with Gasteiger partial charge in [-0.15, -0.1) is 11.3 Å². The maximum absolute atomic E-state index is 13.6. The summed E-state index contributed by atoms with van der Waals surface area (Å²) in [5, 5.41) is 1.92. The van der Waals surface area contributed by atoms with E-state index in [4.69, 9.17) is 9.47 Å². The van der Waals surface area contributed by atoms with Gasteiger partial charge in [0, 0.05) is 24.0 Å². The van der Waals surface area contributed by atoms with Crippen LogP contribution in [0.1, 0.15) is 24.6 Å². The summed E-state index contributed by atoms with van der Waals surface area (Å²) in [6, 6.07) is 8.91. The number of anilines is 1. The number of methoxy groups -OCH3 is 2. The summed E-state index contributed by atoms with van der Waals surface area (Å²) in [6.45, 7) is 3.73. The topological polar surface area (TPSA) is 59.1 Å². The molecule has 1 unspecified atom stereocenters. The largest absolute Gasteiger partial charge is 0.497 e. The third-order valence-corrected chi connectivity index (χ3v) is 6.31. The number of thiophene rings is 1. The highest BCUT2D eigenvalue weighted by Gasteiger charge is 2.44. The molecule has 2 aliphatic rings. The summed E-state index contributed by atoms with van der Waals surface area (Å²) in [5.41, 5.74) is 1.37. The van der Waals surface area contributed by atoms with E-state index in [9.17, 15) is 9.59 Å². The molecule has 0 bridgehead atoms. The van der Waals surface area contributed by atoms with Gasteiger partial charge in [-0.3, -0.25) is 9.59 Å². The molecule has 0 saturated carbocycles. The molecule has 7 heteroatoms. The van der Waals surface area contributed by atoms with Crippen molar-refractivity contribution >= 4 is 34.4 Å². The first-order valence-corrected chi connectivity index (χ1v) is 10.6. The second kappa shape index (κ2) is 7.91. The van der Waals surface area contributed by atoms with Gasteiger partial charge in [-0.1, -0.05) is 13.0 Å². The van der Waals surface area contributed by atoms with Gasteiger partial charge in [-0.05, 0) is 42.3 Å². The first kappa shape index (κ1) is 19.5. The molecule has 1 saturated heterocycles. The van der Waals surface area contributed by atoms with Crippen molar-refractivity contribution in [1.82, 2.24) is 4.90 Å². The monoisotopic (exact) mass is 412 g/mol. The molecule has 1 fully saturated rings. The Hall–Kier alpha value is -2.80. The van der Waals surface area contributed by atoms with Crippen LogP contribution in [0, 0.1) is 5.92 Å². The molecule has 0 spiro atoms. The van der Waals surface area contributed by atoms with Crippen LogP contribution < -0.4 is 14.4 Å². The van der Waals surface area contributed by atoms with Gasteiger partial charge in [0.2, 0.25) is 0 Å². The number of imide groups is 1. The van der Waals surface area contributed by atoms with E-state index in [0.29, 0.717) is 34.4 Å². The Morgan fingerprint density at radius 3 is 2.59 bits per heavy atom. The maximum atomic E-state index is 13.6. The number of benzene rings is 1. The molecule has 4 rings (SSSR count). The first-order chi connectivity index (χ1) is 14.0. The van der Waals surface area contributed by atoms with Crippen LogP contribution in [-0.2, 0) is 9.59 Å². The highest BCUT2D eigenvalue weighted by Crippen LogP contribution is 2.41. The zero-order valence-corrected chi connectivity index (χ0v) is 17.6. The van der Waals surface area contributed by atoms with E-state index in [1.807, 2.05) is 17.5 Å². The van der Waals surface area contributed by atoms with Gasteiger partial charge in [-0.25, -0.2) is 4.90 Å².